The maximum Gasteiger partial charge on any atom is 0.122 e. The average Bonchev–Trinajstić information content (AvgIpc) is 2.42. The van der Waals surface area contributed by atoms with Crippen molar-refractivity contribution in [2.75, 3.05) is 7.11 Å². The normalized spacial score (nSPS) is 12.3. The van der Waals surface area contributed by atoms with Crippen LogP contribution in [0.5, 0.6) is 5.75 Å². The summed E-state index contributed by atoms with van der Waals surface area (Å²) in [6.07, 6.45) is -0.814. The van der Waals surface area contributed by atoms with Gasteiger partial charge in [0.15, 0.2) is 0 Å². The molecule has 0 spiro atoms. The number of rotatable bonds is 3. The molecule has 0 aromatic heterocycles. The van der Waals surface area contributed by atoms with E-state index in [1.165, 1.54) is 0 Å². The number of halogens is 2. The van der Waals surface area contributed by atoms with E-state index in [4.69, 9.17) is 27.9 Å². The third-order valence-corrected chi connectivity index (χ3v) is 3.91. The van der Waals surface area contributed by atoms with Crippen LogP contribution in [-0.4, -0.2) is 12.2 Å². The zero-order chi connectivity index (χ0) is 14.9. The minimum absolute atomic E-state index is 0.495. The zero-order valence-electron chi connectivity index (χ0n) is 11.6. The van der Waals surface area contributed by atoms with Crippen LogP contribution in [0.3, 0.4) is 0 Å². The Morgan fingerprint density at radius 3 is 2.35 bits per heavy atom. The first-order valence-corrected chi connectivity index (χ1v) is 6.97. The van der Waals surface area contributed by atoms with Gasteiger partial charge in [0, 0.05) is 15.6 Å². The lowest BCUT2D eigenvalue weighted by atomic mass is 9.95. The molecule has 0 fully saturated rings. The zero-order valence-corrected chi connectivity index (χ0v) is 13.1. The van der Waals surface area contributed by atoms with E-state index < -0.39 is 6.10 Å². The van der Waals surface area contributed by atoms with Crippen molar-refractivity contribution >= 4 is 23.2 Å². The van der Waals surface area contributed by atoms with E-state index in [0.717, 1.165) is 22.4 Å². The van der Waals surface area contributed by atoms with Gasteiger partial charge >= 0.3 is 0 Å². The van der Waals surface area contributed by atoms with Crippen molar-refractivity contribution in [1.29, 1.82) is 0 Å². The fourth-order valence-electron chi connectivity index (χ4n) is 2.22. The highest BCUT2D eigenvalue weighted by Crippen LogP contribution is 2.34. The monoisotopic (exact) mass is 310 g/mol. The number of ether oxygens (including phenoxy) is 1. The van der Waals surface area contributed by atoms with Gasteiger partial charge in [0.25, 0.3) is 0 Å². The summed E-state index contributed by atoms with van der Waals surface area (Å²) in [5, 5.41) is 11.6. The molecule has 20 heavy (non-hydrogen) atoms. The van der Waals surface area contributed by atoms with Crippen molar-refractivity contribution in [3.63, 3.8) is 0 Å². The van der Waals surface area contributed by atoms with Gasteiger partial charge in [-0.3, -0.25) is 0 Å². The minimum atomic E-state index is -0.814. The fraction of sp³-hybridized carbons (Fsp3) is 0.250. The molecule has 0 saturated heterocycles. The van der Waals surface area contributed by atoms with Crippen molar-refractivity contribution in [3.05, 3.63) is 62.6 Å². The molecule has 0 aliphatic rings. The topological polar surface area (TPSA) is 29.5 Å². The third kappa shape index (κ3) is 2.93. The Morgan fingerprint density at radius 1 is 1.00 bits per heavy atom. The second kappa shape index (κ2) is 6.04. The van der Waals surface area contributed by atoms with Crippen LogP contribution >= 0.6 is 23.2 Å². The second-order valence-corrected chi connectivity index (χ2v) is 5.59. The highest BCUT2D eigenvalue weighted by Gasteiger charge is 2.18. The highest BCUT2D eigenvalue weighted by molar-refractivity contribution is 6.33. The van der Waals surface area contributed by atoms with Crippen LogP contribution in [0, 0.1) is 13.8 Å². The first kappa shape index (κ1) is 15.2. The number of hydrogen-bond donors (Lipinski definition) is 1. The minimum Gasteiger partial charge on any atom is -0.496 e. The molecular formula is C16H16Cl2O2. The van der Waals surface area contributed by atoms with Gasteiger partial charge in [-0.1, -0.05) is 23.2 Å². The number of aliphatic hydroxyl groups is 1. The molecule has 0 aliphatic heterocycles. The smallest absolute Gasteiger partial charge is 0.122 e. The van der Waals surface area contributed by atoms with Crippen LogP contribution in [0.4, 0.5) is 0 Å². The summed E-state index contributed by atoms with van der Waals surface area (Å²) in [7, 11) is 1.63. The Hall–Kier alpha value is -1.22. The summed E-state index contributed by atoms with van der Waals surface area (Å²) in [4.78, 5) is 0. The predicted octanol–water partition coefficient (Wildman–Crippen LogP) is 4.70. The van der Waals surface area contributed by atoms with Gasteiger partial charge in [-0.05, 0) is 60.9 Å². The molecule has 0 saturated carbocycles. The largest absolute Gasteiger partial charge is 0.496 e. The number of methoxy groups -OCH3 is 1. The molecule has 2 aromatic carbocycles. The summed E-state index contributed by atoms with van der Waals surface area (Å²) >= 11 is 12.1. The van der Waals surface area contributed by atoms with Crippen molar-refractivity contribution in [3.8, 4) is 5.75 Å². The predicted molar refractivity (Wildman–Crippen MR) is 83.0 cm³/mol. The number of hydrogen-bond acceptors (Lipinski definition) is 2. The van der Waals surface area contributed by atoms with Gasteiger partial charge in [-0.2, -0.15) is 0 Å². The van der Waals surface area contributed by atoms with E-state index in [-0.39, 0.29) is 0 Å². The molecule has 0 bridgehead atoms. The second-order valence-electron chi connectivity index (χ2n) is 4.75. The highest BCUT2D eigenvalue weighted by atomic mass is 35.5. The molecule has 106 valence electrons. The van der Waals surface area contributed by atoms with Gasteiger partial charge in [-0.25, -0.2) is 0 Å². The van der Waals surface area contributed by atoms with Crippen molar-refractivity contribution in [2.45, 2.75) is 20.0 Å². The maximum atomic E-state index is 10.6. The molecule has 1 atom stereocenters. The van der Waals surface area contributed by atoms with Gasteiger partial charge in [-0.15, -0.1) is 0 Å². The Balaban J connectivity index is 2.50. The quantitative estimate of drug-likeness (QED) is 0.890. The summed E-state index contributed by atoms with van der Waals surface area (Å²) < 4.78 is 5.28. The molecular weight excluding hydrogens is 295 g/mol. The average molecular weight is 311 g/mol. The molecule has 0 amide bonds. The summed E-state index contributed by atoms with van der Waals surface area (Å²) in [6, 6.07) is 8.90. The molecule has 1 unspecified atom stereocenters. The number of aryl methyl sites for hydroxylation is 2. The van der Waals surface area contributed by atoms with Crippen LogP contribution < -0.4 is 4.74 Å². The molecule has 1 N–H and O–H groups in total. The molecule has 2 nitrogen and oxygen atoms in total. The standard InChI is InChI=1S/C16H16Cl2O2/c1-9-7-15(20-3)10(2)6-12(9)16(19)13-8-11(17)4-5-14(13)18/h4-8,16,19H,1-3H3. The molecule has 2 rings (SSSR count). The van der Waals surface area contributed by atoms with Gasteiger partial charge in [0.1, 0.15) is 11.9 Å². The van der Waals surface area contributed by atoms with Gasteiger partial charge < -0.3 is 9.84 Å². The van der Waals surface area contributed by atoms with Gasteiger partial charge in [0.05, 0.1) is 7.11 Å². The molecule has 2 aromatic rings. The SMILES string of the molecule is COc1cc(C)c(C(O)c2cc(Cl)ccc2Cl)cc1C. The Kier molecular flexibility index (Phi) is 4.59. The fourth-order valence-corrected chi connectivity index (χ4v) is 2.62. The Bertz CT molecular complexity index is 639. The first-order chi connectivity index (χ1) is 9.43. The summed E-state index contributed by atoms with van der Waals surface area (Å²) in [5.41, 5.74) is 3.31. The lowest BCUT2D eigenvalue weighted by Crippen LogP contribution is -2.04. The number of benzene rings is 2. The van der Waals surface area contributed by atoms with Crippen molar-refractivity contribution < 1.29 is 9.84 Å². The maximum absolute atomic E-state index is 10.6. The Morgan fingerprint density at radius 2 is 1.70 bits per heavy atom. The molecule has 4 heteroatoms. The van der Waals surface area contributed by atoms with E-state index in [1.807, 2.05) is 26.0 Å². The van der Waals surface area contributed by atoms with Crippen molar-refractivity contribution in [1.82, 2.24) is 0 Å². The van der Waals surface area contributed by atoms with Crippen LogP contribution in [0.1, 0.15) is 28.4 Å². The summed E-state index contributed by atoms with van der Waals surface area (Å²) in [6.45, 7) is 3.87. The lowest BCUT2D eigenvalue weighted by Gasteiger charge is -2.18. The van der Waals surface area contributed by atoms with Crippen molar-refractivity contribution in [2.24, 2.45) is 0 Å². The third-order valence-electron chi connectivity index (χ3n) is 3.33. The summed E-state index contributed by atoms with van der Waals surface area (Å²) in [5.74, 6) is 0.802. The van der Waals surface area contributed by atoms with Crippen LogP contribution in [0.2, 0.25) is 10.0 Å². The van der Waals surface area contributed by atoms with E-state index in [1.54, 1.807) is 25.3 Å². The molecule has 0 radical (unpaired) electrons. The van der Waals surface area contributed by atoms with E-state index in [2.05, 4.69) is 0 Å². The van der Waals surface area contributed by atoms with E-state index >= 15 is 0 Å². The number of aliphatic hydroxyl groups excluding tert-OH is 1. The van der Waals surface area contributed by atoms with Gasteiger partial charge in [0.2, 0.25) is 0 Å². The van der Waals surface area contributed by atoms with E-state index in [0.29, 0.717) is 15.6 Å². The van der Waals surface area contributed by atoms with Crippen LogP contribution in [0.15, 0.2) is 30.3 Å². The lowest BCUT2D eigenvalue weighted by molar-refractivity contribution is 0.219. The van der Waals surface area contributed by atoms with Crippen LogP contribution in [0.25, 0.3) is 0 Å². The molecule has 0 aliphatic carbocycles. The van der Waals surface area contributed by atoms with Crippen LogP contribution in [-0.2, 0) is 0 Å². The molecule has 0 heterocycles. The van der Waals surface area contributed by atoms with E-state index in [9.17, 15) is 5.11 Å². The first-order valence-electron chi connectivity index (χ1n) is 6.22. The Labute approximate surface area is 128 Å².